The number of hydrogen-bond donors (Lipinski definition) is 2. The van der Waals surface area contributed by atoms with Gasteiger partial charge in [0.15, 0.2) is 0 Å². The molecule has 19 heavy (non-hydrogen) atoms. The molecule has 0 aliphatic heterocycles. The van der Waals surface area contributed by atoms with Crippen LogP contribution in [0, 0.1) is 12.8 Å². The molecule has 1 aromatic heterocycles. The first-order chi connectivity index (χ1) is 9.19. The molecule has 0 saturated carbocycles. The van der Waals surface area contributed by atoms with Crippen molar-refractivity contribution in [3.63, 3.8) is 0 Å². The van der Waals surface area contributed by atoms with Crippen molar-refractivity contribution in [1.82, 2.24) is 9.97 Å². The van der Waals surface area contributed by atoms with Gasteiger partial charge in [0.05, 0.1) is 0 Å². The molecule has 0 aromatic carbocycles. The van der Waals surface area contributed by atoms with Crippen LogP contribution in [0.5, 0.6) is 0 Å². The highest BCUT2D eigenvalue weighted by Crippen LogP contribution is 2.21. The van der Waals surface area contributed by atoms with E-state index in [0.29, 0.717) is 5.82 Å². The van der Waals surface area contributed by atoms with Gasteiger partial charge in [-0.05, 0) is 19.3 Å². The Morgan fingerprint density at radius 2 is 1.79 bits per heavy atom. The minimum Gasteiger partial charge on any atom is -0.308 e. The standard InChI is InChI=1S/C15H28N4/c1-4-6-8-13(9-7-5-2)10-14-11-15(19-16)18-12(3)17-14/h11,13H,4-10,16H2,1-3H3,(H,17,18,19). The largest absolute Gasteiger partial charge is 0.308 e. The van der Waals surface area contributed by atoms with Crippen molar-refractivity contribution < 1.29 is 0 Å². The molecule has 3 N–H and O–H groups in total. The molecular weight excluding hydrogens is 236 g/mol. The van der Waals surface area contributed by atoms with Crippen LogP contribution in [0.3, 0.4) is 0 Å². The monoisotopic (exact) mass is 264 g/mol. The quantitative estimate of drug-likeness (QED) is 0.528. The molecule has 4 heteroatoms. The van der Waals surface area contributed by atoms with Crippen molar-refractivity contribution in [2.45, 2.75) is 65.7 Å². The van der Waals surface area contributed by atoms with E-state index >= 15 is 0 Å². The smallest absolute Gasteiger partial charge is 0.143 e. The van der Waals surface area contributed by atoms with Crippen LogP contribution in [-0.2, 0) is 6.42 Å². The van der Waals surface area contributed by atoms with Crippen LogP contribution in [0.15, 0.2) is 6.07 Å². The molecule has 0 spiro atoms. The zero-order chi connectivity index (χ0) is 14.1. The van der Waals surface area contributed by atoms with Crippen molar-refractivity contribution in [1.29, 1.82) is 0 Å². The Hall–Kier alpha value is -1.16. The van der Waals surface area contributed by atoms with Gasteiger partial charge in [0, 0.05) is 11.8 Å². The molecule has 0 atom stereocenters. The third-order valence-electron chi connectivity index (χ3n) is 3.47. The first-order valence-electron chi connectivity index (χ1n) is 7.50. The third kappa shape index (κ3) is 6.01. The summed E-state index contributed by atoms with van der Waals surface area (Å²) in [6.45, 7) is 6.42. The molecule has 1 aromatic rings. The molecule has 0 unspecified atom stereocenters. The molecule has 1 rings (SSSR count). The van der Waals surface area contributed by atoms with Gasteiger partial charge in [-0.2, -0.15) is 0 Å². The van der Waals surface area contributed by atoms with Crippen molar-refractivity contribution in [3.05, 3.63) is 17.6 Å². The summed E-state index contributed by atoms with van der Waals surface area (Å²) < 4.78 is 0. The Morgan fingerprint density at radius 1 is 1.16 bits per heavy atom. The van der Waals surface area contributed by atoms with Crippen LogP contribution in [-0.4, -0.2) is 9.97 Å². The molecule has 108 valence electrons. The molecule has 0 fully saturated rings. The maximum Gasteiger partial charge on any atom is 0.143 e. The number of hydrogen-bond acceptors (Lipinski definition) is 4. The zero-order valence-corrected chi connectivity index (χ0v) is 12.6. The molecule has 1 heterocycles. The lowest BCUT2D eigenvalue weighted by Crippen LogP contribution is -2.12. The van der Waals surface area contributed by atoms with Gasteiger partial charge in [0.1, 0.15) is 11.6 Å². The average molecular weight is 264 g/mol. The summed E-state index contributed by atoms with van der Waals surface area (Å²) in [7, 11) is 0. The van der Waals surface area contributed by atoms with Gasteiger partial charge in [-0.1, -0.05) is 52.4 Å². The summed E-state index contributed by atoms with van der Waals surface area (Å²) in [6.07, 6.45) is 8.77. The summed E-state index contributed by atoms with van der Waals surface area (Å²) in [5.74, 6) is 7.68. The summed E-state index contributed by atoms with van der Waals surface area (Å²) in [5.41, 5.74) is 3.73. The van der Waals surface area contributed by atoms with Gasteiger partial charge < -0.3 is 5.43 Å². The van der Waals surface area contributed by atoms with Crippen LogP contribution in [0.1, 0.15) is 63.9 Å². The van der Waals surface area contributed by atoms with Gasteiger partial charge in [-0.3, -0.25) is 0 Å². The van der Waals surface area contributed by atoms with E-state index in [9.17, 15) is 0 Å². The van der Waals surface area contributed by atoms with Crippen LogP contribution < -0.4 is 11.3 Å². The van der Waals surface area contributed by atoms with E-state index < -0.39 is 0 Å². The SMILES string of the molecule is CCCCC(CCCC)Cc1cc(NN)nc(C)n1. The second-order valence-corrected chi connectivity index (χ2v) is 5.29. The lowest BCUT2D eigenvalue weighted by atomic mass is 9.91. The highest BCUT2D eigenvalue weighted by molar-refractivity contribution is 5.34. The van der Waals surface area contributed by atoms with Crippen molar-refractivity contribution in [2.75, 3.05) is 5.43 Å². The Morgan fingerprint density at radius 3 is 2.32 bits per heavy atom. The van der Waals surface area contributed by atoms with E-state index in [1.807, 2.05) is 13.0 Å². The molecule has 0 aliphatic carbocycles. The number of aromatic nitrogens is 2. The van der Waals surface area contributed by atoms with Crippen LogP contribution in [0.4, 0.5) is 5.82 Å². The zero-order valence-electron chi connectivity index (χ0n) is 12.6. The van der Waals surface area contributed by atoms with E-state index in [2.05, 4.69) is 29.2 Å². The predicted octanol–water partition coefficient (Wildman–Crippen LogP) is 3.61. The van der Waals surface area contributed by atoms with Gasteiger partial charge in [0.25, 0.3) is 0 Å². The summed E-state index contributed by atoms with van der Waals surface area (Å²) in [4.78, 5) is 8.77. The van der Waals surface area contributed by atoms with Crippen LogP contribution >= 0.6 is 0 Å². The summed E-state index contributed by atoms with van der Waals surface area (Å²) >= 11 is 0. The molecule has 0 radical (unpaired) electrons. The van der Waals surface area contributed by atoms with E-state index in [4.69, 9.17) is 5.84 Å². The number of anilines is 1. The highest BCUT2D eigenvalue weighted by Gasteiger charge is 2.11. The van der Waals surface area contributed by atoms with Crippen LogP contribution in [0.25, 0.3) is 0 Å². The van der Waals surface area contributed by atoms with Gasteiger partial charge >= 0.3 is 0 Å². The Bertz CT molecular complexity index is 357. The second-order valence-electron chi connectivity index (χ2n) is 5.29. The topological polar surface area (TPSA) is 63.8 Å². The maximum atomic E-state index is 5.44. The molecule has 4 nitrogen and oxygen atoms in total. The Labute approximate surface area is 117 Å². The van der Waals surface area contributed by atoms with E-state index in [0.717, 1.165) is 23.9 Å². The van der Waals surface area contributed by atoms with Crippen LogP contribution in [0.2, 0.25) is 0 Å². The maximum absolute atomic E-state index is 5.44. The number of nitrogens with one attached hydrogen (secondary N) is 1. The van der Waals surface area contributed by atoms with E-state index in [1.54, 1.807) is 0 Å². The molecule has 0 aliphatic rings. The summed E-state index contributed by atoms with van der Waals surface area (Å²) in [5, 5.41) is 0. The first kappa shape index (κ1) is 15.9. The normalized spacial score (nSPS) is 11.0. The van der Waals surface area contributed by atoms with E-state index in [1.165, 1.54) is 38.5 Å². The number of rotatable bonds is 9. The first-order valence-corrected chi connectivity index (χ1v) is 7.50. The third-order valence-corrected chi connectivity index (χ3v) is 3.47. The van der Waals surface area contributed by atoms with Crippen molar-refractivity contribution in [2.24, 2.45) is 11.8 Å². The second kappa shape index (κ2) is 8.86. The number of aryl methyl sites for hydroxylation is 1. The average Bonchev–Trinajstić information content (AvgIpc) is 2.41. The highest BCUT2D eigenvalue weighted by atomic mass is 15.3. The molecular formula is C15H28N4. The fraction of sp³-hybridized carbons (Fsp3) is 0.733. The number of hydrazine groups is 1. The Kier molecular flexibility index (Phi) is 7.41. The van der Waals surface area contributed by atoms with Gasteiger partial charge in [0.2, 0.25) is 0 Å². The number of nitrogens with zero attached hydrogens (tertiary/aromatic N) is 2. The Balaban J connectivity index is 2.67. The van der Waals surface area contributed by atoms with E-state index in [-0.39, 0.29) is 0 Å². The predicted molar refractivity (Wildman–Crippen MR) is 80.8 cm³/mol. The molecule has 0 saturated heterocycles. The molecule has 0 bridgehead atoms. The van der Waals surface area contributed by atoms with Gasteiger partial charge in [-0.25, -0.2) is 15.8 Å². The molecule has 0 amide bonds. The minimum absolute atomic E-state index is 0.715. The number of nitrogen functional groups attached to an aromatic ring is 1. The van der Waals surface area contributed by atoms with Gasteiger partial charge in [-0.15, -0.1) is 0 Å². The fourth-order valence-corrected chi connectivity index (χ4v) is 2.44. The summed E-state index contributed by atoms with van der Waals surface area (Å²) in [6, 6.07) is 1.97. The minimum atomic E-state index is 0.715. The van der Waals surface area contributed by atoms with Crippen molar-refractivity contribution >= 4 is 5.82 Å². The fourth-order valence-electron chi connectivity index (χ4n) is 2.44. The van der Waals surface area contributed by atoms with Crippen molar-refractivity contribution in [3.8, 4) is 0 Å². The lowest BCUT2D eigenvalue weighted by molar-refractivity contribution is 0.413. The number of unbranched alkanes of at least 4 members (excludes halogenated alkanes) is 2. The lowest BCUT2D eigenvalue weighted by Gasteiger charge is -2.16. The number of nitrogens with two attached hydrogens (primary N) is 1.